The Balaban J connectivity index is 2.35. The van der Waals surface area contributed by atoms with Crippen LogP contribution in [0, 0.1) is 0 Å². The molecule has 1 heterocycles. The van der Waals surface area contributed by atoms with Gasteiger partial charge in [-0.1, -0.05) is 11.6 Å². The zero-order valence-electron chi connectivity index (χ0n) is 10.8. The molecule has 120 valence electrons. The molecule has 0 saturated heterocycles. The van der Waals surface area contributed by atoms with Gasteiger partial charge >= 0.3 is 17.9 Å². The summed E-state index contributed by atoms with van der Waals surface area (Å²) < 4.78 is 46.8. The summed E-state index contributed by atoms with van der Waals surface area (Å²) in [6, 6.07) is 2.25. The first-order chi connectivity index (χ1) is 10.2. The molecule has 2 aromatic rings. The zero-order valence-corrected chi connectivity index (χ0v) is 11.6. The molecule has 0 radical (unpaired) electrons. The number of oxazole rings is 1. The number of carboxylic acid groups (broad SMARTS) is 1. The van der Waals surface area contributed by atoms with Gasteiger partial charge in [-0.2, -0.15) is 13.2 Å². The second kappa shape index (κ2) is 5.91. The molecule has 2 rings (SSSR count). The van der Waals surface area contributed by atoms with Gasteiger partial charge in [-0.3, -0.25) is 9.36 Å². The lowest BCUT2D eigenvalue weighted by molar-refractivity contribution is -0.153. The largest absolute Gasteiger partial charge is 0.482 e. The number of carboxylic acids is 1. The van der Waals surface area contributed by atoms with Crippen molar-refractivity contribution in [2.45, 2.75) is 19.1 Å². The number of hydrogen-bond donors (Lipinski definition) is 1. The molecular formula is C12H9ClF3NO5. The molecule has 22 heavy (non-hydrogen) atoms. The molecule has 0 aliphatic carbocycles. The van der Waals surface area contributed by atoms with Crippen LogP contribution in [0.5, 0.6) is 5.75 Å². The summed E-state index contributed by atoms with van der Waals surface area (Å²) in [5, 5.41) is 8.47. The Kier molecular flexibility index (Phi) is 4.36. The van der Waals surface area contributed by atoms with E-state index in [0.717, 1.165) is 10.6 Å². The summed E-state index contributed by atoms with van der Waals surface area (Å²) in [4.78, 5) is 22.2. The number of aromatic nitrogens is 1. The van der Waals surface area contributed by atoms with E-state index in [1.807, 2.05) is 0 Å². The van der Waals surface area contributed by atoms with Crippen LogP contribution < -0.4 is 10.5 Å². The summed E-state index contributed by atoms with van der Waals surface area (Å²) in [6.45, 7) is -1.69. The molecule has 0 amide bonds. The normalized spacial score (nSPS) is 11.8. The van der Waals surface area contributed by atoms with Gasteiger partial charge in [0.2, 0.25) is 0 Å². The smallest absolute Gasteiger partial charge is 0.422 e. The molecule has 1 aromatic heterocycles. The molecule has 0 fully saturated rings. The molecule has 10 heteroatoms. The lowest BCUT2D eigenvalue weighted by Crippen LogP contribution is -2.19. The van der Waals surface area contributed by atoms with E-state index < -0.39 is 24.5 Å². The SMILES string of the molecule is O=C(O)CCn1c(=O)oc2cc(OCC(F)(F)F)c(Cl)cc21. The Morgan fingerprint density at radius 3 is 2.68 bits per heavy atom. The van der Waals surface area contributed by atoms with E-state index in [1.54, 1.807) is 0 Å². The zero-order chi connectivity index (χ0) is 16.5. The van der Waals surface area contributed by atoms with Crippen LogP contribution in [0.1, 0.15) is 6.42 Å². The third-order valence-electron chi connectivity index (χ3n) is 2.66. The maximum Gasteiger partial charge on any atom is 0.422 e. The molecule has 0 saturated carbocycles. The molecule has 0 aliphatic heterocycles. The van der Waals surface area contributed by atoms with Crippen LogP contribution in [0.25, 0.3) is 11.1 Å². The predicted molar refractivity (Wildman–Crippen MR) is 69.3 cm³/mol. The van der Waals surface area contributed by atoms with Gasteiger partial charge in [0.05, 0.1) is 17.0 Å². The van der Waals surface area contributed by atoms with Crippen molar-refractivity contribution >= 4 is 28.7 Å². The van der Waals surface area contributed by atoms with E-state index in [4.69, 9.17) is 21.1 Å². The fraction of sp³-hybridized carbons (Fsp3) is 0.333. The van der Waals surface area contributed by atoms with Crippen LogP contribution in [0.2, 0.25) is 5.02 Å². The first kappa shape index (κ1) is 16.2. The standard InChI is InChI=1S/C12H9ClF3NO5/c13-6-3-7-9(4-8(6)21-5-12(14,15)16)22-11(20)17(7)2-1-10(18)19/h3-4H,1-2,5H2,(H,18,19). The number of fused-ring (bicyclic) bond motifs is 1. The van der Waals surface area contributed by atoms with Crippen LogP contribution >= 0.6 is 11.6 Å². The molecule has 0 atom stereocenters. The summed E-state index contributed by atoms with van der Waals surface area (Å²) in [5.74, 6) is -2.23. The Hall–Kier alpha value is -2.16. The third-order valence-corrected chi connectivity index (χ3v) is 2.96. The van der Waals surface area contributed by atoms with Crippen molar-refractivity contribution in [1.29, 1.82) is 0 Å². The Morgan fingerprint density at radius 2 is 2.09 bits per heavy atom. The molecule has 0 unspecified atom stereocenters. The first-order valence-electron chi connectivity index (χ1n) is 5.91. The van der Waals surface area contributed by atoms with E-state index in [0.29, 0.717) is 0 Å². The number of aliphatic carboxylic acids is 1. The van der Waals surface area contributed by atoms with E-state index in [1.165, 1.54) is 6.07 Å². The van der Waals surface area contributed by atoms with Gasteiger partial charge in [-0.25, -0.2) is 4.79 Å². The third kappa shape index (κ3) is 3.73. The Bertz CT molecular complexity index is 764. The van der Waals surface area contributed by atoms with E-state index in [-0.39, 0.29) is 34.8 Å². The molecule has 1 N–H and O–H groups in total. The van der Waals surface area contributed by atoms with E-state index >= 15 is 0 Å². The second-order valence-electron chi connectivity index (χ2n) is 4.32. The van der Waals surface area contributed by atoms with Crippen LogP contribution in [0.4, 0.5) is 13.2 Å². The van der Waals surface area contributed by atoms with Crippen molar-refractivity contribution in [2.24, 2.45) is 0 Å². The minimum Gasteiger partial charge on any atom is -0.482 e. The summed E-state index contributed by atoms with van der Waals surface area (Å²) >= 11 is 5.81. The second-order valence-corrected chi connectivity index (χ2v) is 4.72. The van der Waals surface area contributed by atoms with Gasteiger partial charge in [0, 0.05) is 12.6 Å². The number of hydrogen-bond acceptors (Lipinski definition) is 4. The van der Waals surface area contributed by atoms with Crippen LogP contribution in [0.15, 0.2) is 21.3 Å². The van der Waals surface area contributed by atoms with Crippen molar-refractivity contribution in [3.8, 4) is 5.75 Å². The molecule has 1 aromatic carbocycles. The Labute approximate surface area is 125 Å². The molecule has 0 bridgehead atoms. The number of benzene rings is 1. The molecule has 0 spiro atoms. The number of alkyl halides is 3. The highest BCUT2D eigenvalue weighted by molar-refractivity contribution is 6.32. The average Bonchev–Trinajstić information content (AvgIpc) is 2.67. The van der Waals surface area contributed by atoms with Gasteiger partial charge in [-0.15, -0.1) is 0 Å². The van der Waals surface area contributed by atoms with Gasteiger partial charge in [0.15, 0.2) is 12.2 Å². The van der Waals surface area contributed by atoms with Gasteiger partial charge in [0.1, 0.15) is 5.75 Å². The molecule has 6 nitrogen and oxygen atoms in total. The average molecular weight is 340 g/mol. The quantitative estimate of drug-likeness (QED) is 0.905. The van der Waals surface area contributed by atoms with E-state index in [2.05, 4.69) is 4.74 Å². The van der Waals surface area contributed by atoms with Crippen molar-refractivity contribution in [3.63, 3.8) is 0 Å². The minimum absolute atomic E-state index is 0.0445. The minimum atomic E-state index is -4.54. The number of halogens is 4. The van der Waals surface area contributed by atoms with Gasteiger partial charge < -0.3 is 14.3 Å². The maximum absolute atomic E-state index is 12.1. The first-order valence-corrected chi connectivity index (χ1v) is 6.29. The van der Waals surface area contributed by atoms with Crippen molar-refractivity contribution in [1.82, 2.24) is 4.57 Å². The fourth-order valence-electron chi connectivity index (χ4n) is 1.75. The number of carbonyl (C=O) groups is 1. The van der Waals surface area contributed by atoms with Gasteiger partial charge in [-0.05, 0) is 6.07 Å². The molecular weight excluding hydrogens is 331 g/mol. The van der Waals surface area contributed by atoms with Crippen LogP contribution in [-0.4, -0.2) is 28.4 Å². The lowest BCUT2D eigenvalue weighted by Gasteiger charge is -2.10. The summed E-state index contributed by atoms with van der Waals surface area (Å²) in [5.41, 5.74) is 0.132. The molecule has 0 aliphatic rings. The lowest BCUT2D eigenvalue weighted by atomic mass is 10.3. The highest BCUT2D eigenvalue weighted by atomic mass is 35.5. The van der Waals surface area contributed by atoms with E-state index in [9.17, 15) is 22.8 Å². The highest BCUT2D eigenvalue weighted by Gasteiger charge is 2.29. The van der Waals surface area contributed by atoms with Gasteiger partial charge in [0.25, 0.3) is 0 Å². The van der Waals surface area contributed by atoms with Crippen molar-refractivity contribution in [2.75, 3.05) is 6.61 Å². The van der Waals surface area contributed by atoms with Crippen LogP contribution in [-0.2, 0) is 11.3 Å². The maximum atomic E-state index is 12.1. The topological polar surface area (TPSA) is 81.7 Å². The number of nitrogens with zero attached hydrogens (tertiary/aromatic N) is 1. The Morgan fingerprint density at radius 1 is 1.41 bits per heavy atom. The number of ether oxygens (including phenoxy) is 1. The van der Waals surface area contributed by atoms with Crippen LogP contribution in [0.3, 0.4) is 0 Å². The van der Waals surface area contributed by atoms with Crippen molar-refractivity contribution < 1.29 is 32.2 Å². The highest BCUT2D eigenvalue weighted by Crippen LogP contribution is 2.31. The predicted octanol–water partition coefficient (Wildman–Crippen LogP) is 2.66. The van der Waals surface area contributed by atoms with Crippen molar-refractivity contribution in [3.05, 3.63) is 27.7 Å². The summed E-state index contributed by atoms with van der Waals surface area (Å²) in [7, 11) is 0. The number of aryl methyl sites for hydroxylation is 1. The summed E-state index contributed by atoms with van der Waals surface area (Å²) in [6.07, 6.45) is -4.86. The fourth-order valence-corrected chi connectivity index (χ4v) is 1.97. The number of rotatable bonds is 5. The monoisotopic (exact) mass is 339 g/mol.